The lowest BCUT2D eigenvalue weighted by atomic mass is 9.97. The maximum atomic E-state index is 12.9. The van der Waals surface area contributed by atoms with Crippen LogP contribution in [0.15, 0.2) is 23.1 Å². The monoisotopic (exact) mass is 397 g/mol. The molecule has 1 aromatic rings. The molecule has 2 rings (SSSR count). The molecule has 0 unspecified atom stereocenters. The molecule has 1 heterocycles. The van der Waals surface area contributed by atoms with Gasteiger partial charge in [-0.15, -0.1) is 0 Å². The van der Waals surface area contributed by atoms with Gasteiger partial charge < -0.3 is 5.32 Å². The third-order valence-corrected chi connectivity index (χ3v) is 6.95. The fourth-order valence-electron chi connectivity index (χ4n) is 3.21. The largest absolute Gasteiger partial charge is 0.356 e. The van der Waals surface area contributed by atoms with Gasteiger partial charge in [0.15, 0.2) is 0 Å². The van der Waals surface area contributed by atoms with E-state index in [0.29, 0.717) is 24.9 Å². The van der Waals surface area contributed by atoms with E-state index in [1.807, 2.05) is 0 Å². The minimum atomic E-state index is -3.82. The normalized spacial score (nSPS) is 16.2. The molecule has 1 aromatic carbocycles. The second-order valence-electron chi connectivity index (χ2n) is 6.88. The number of benzene rings is 1. The smallest absolute Gasteiger partial charge is 0.270 e. The van der Waals surface area contributed by atoms with E-state index in [1.54, 1.807) is 6.92 Å². The summed E-state index contributed by atoms with van der Waals surface area (Å²) < 4.78 is 27.1. The number of nitrogens with one attached hydrogen (secondary N) is 1. The minimum absolute atomic E-state index is 0.0188. The first-order valence-corrected chi connectivity index (χ1v) is 10.7. The van der Waals surface area contributed by atoms with E-state index in [1.165, 1.54) is 16.4 Å². The predicted molar refractivity (Wildman–Crippen MR) is 102 cm³/mol. The molecule has 1 aliphatic rings. The van der Waals surface area contributed by atoms with E-state index < -0.39 is 14.9 Å². The number of piperidine rings is 1. The molecule has 0 aromatic heterocycles. The van der Waals surface area contributed by atoms with Crippen LogP contribution in [-0.2, 0) is 14.8 Å². The summed E-state index contributed by atoms with van der Waals surface area (Å²) in [7, 11) is -3.82. The summed E-state index contributed by atoms with van der Waals surface area (Å²) in [6.45, 7) is 4.83. The van der Waals surface area contributed by atoms with Crippen molar-refractivity contribution < 1.29 is 18.1 Å². The Balaban J connectivity index is 2.01. The van der Waals surface area contributed by atoms with Gasteiger partial charge in [0.2, 0.25) is 15.9 Å². The zero-order chi connectivity index (χ0) is 20.0. The van der Waals surface area contributed by atoms with E-state index in [4.69, 9.17) is 0 Å². The van der Waals surface area contributed by atoms with E-state index in [9.17, 15) is 23.3 Å². The first-order valence-electron chi connectivity index (χ1n) is 9.30. The molecule has 0 saturated carbocycles. The lowest BCUT2D eigenvalue weighted by Gasteiger charge is -2.30. The summed E-state index contributed by atoms with van der Waals surface area (Å²) in [6.07, 6.45) is 4.00. The van der Waals surface area contributed by atoms with Crippen molar-refractivity contribution in [2.24, 2.45) is 5.92 Å². The number of non-ortho nitro benzene ring substituents is 1. The molecule has 1 aliphatic heterocycles. The lowest BCUT2D eigenvalue weighted by molar-refractivity contribution is -0.385. The molecule has 0 radical (unpaired) electrons. The van der Waals surface area contributed by atoms with Crippen LogP contribution in [0.2, 0.25) is 0 Å². The highest BCUT2D eigenvalue weighted by molar-refractivity contribution is 7.89. The third-order valence-electron chi connectivity index (χ3n) is 4.90. The summed E-state index contributed by atoms with van der Waals surface area (Å²) in [5.74, 6) is -0.209. The van der Waals surface area contributed by atoms with Gasteiger partial charge in [-0.2, -0.15) is 4.31 Å². The van der Waals surface area contributed by atoms with E-state index in [2.05, 4.69) is 12.2 Å². The van der Waals surface area contributed by atoms with Gasteiger partial charge in [0, 0.05) is 37.7 Å². The van der Waals surface area contributed by atoms with Crippen LogP contribution in [0.5, 0.6) is 0 Å². The molecule has 0 aliphatic carbocycles. The molecule has 0 spiro atoms. The average Bonchev–Trinajstić information content (AvgIpc) is 2.65. The lowest BCUT2D eigenvalue weighted by Crippen LogP contribution is -2.43. The van der Waals surface area contributed by atoms with Crippen LogP contribution < -0.4 is 5.32 Å². The molecule has 27 heavy (non-hydrogen) atoms. The van der Waals surface area contributed by atoms with Gasteiger partial charge in [-0.25, -0.2) is 8.42 Å². The second-order valence-corrected chi connectivity index (χ2v) is 8.79. The number of rotatable bonds is 8. The molecule has 1 fully saturated rings. The van der Waals surface area contributed by atoms with Crippen LogP contribution in [0, 0.1) is 23.0 Å². The number of nitro benzene ring substituents is 1. The van der Waals surface area contributed by atoms with Crippen molar-refractivity contribution in [1.29, 1.82) is 0 Å². The number of unbranched alkanes of at least 4 members (excludes halogenated alkanes) is 2. The number of amides is 1. The number of hydrogen-bond donors (Lipinski definition) is 1. The fourth-order valence-corrected chi connectivity index (χ4v) is 4.92. The van der Waals surface area contributed by atoms with Crippen molar-refractivity contribution in [2.45, 2.75) is 50.8 Å². The average molecular weight is 397 g/mol. The maximum absolute atomic E-state index is 12.9. The van der Waals surface area contributed by atoms with Gasteiger partial charge in [-0.05, 0) is 31.7 Å². The quantitative estimate of drug-likeness (QED) is 0.412. The number of carbonyl (C=O) groups excluding carboxylic acids is 1. The molecule has 1 saturated heterocycles. The van der Waals surface area contributed by atoms with E-state index in [0.717, 1.165) is 25.3 Å². The molecule has 9 heteroatoms. The second kappa shape index (κ2) is 9.27. The van der Waals surface area contributed by atoms with Crippen LogP contribution >= 0.6 is 0 Å². The molecule has 8 nitrogen and oxygen atoms in total. The SMILES string of the molecule is CCCCCNC(=O)C1CCN(S(=O)(=O)c2cc([N+](=O)[O-])ccc2C)CC1. The summed E-state index contributed by atoms with van der Waals surface area (Å²) in [5, 5.41) is 13.9. The summed E-state index contributed by atoms with van der Waals surface area (Å²) in [4.78, 5) is 22.5. The Hall–Kier alpha value is -2.00. The maximum Gasteiger partial charge on any atom is 0.270 e. The first-order chi connectivity index (χ1) is 12.8. The minimum Gasteiger partial charge on any atom is -0.356 e. The Labute approximate surface area is 160 Å². The number of sulfonamides is 1. The van der Waals surface area contributed by atoms with Crippen LogP contribution in [0.3, 0.4) is 0 Å². The highest BCUT2D eigenvalue weighted by Crippen LogP contribution is 2.28. The summed E-state index contributed by atoms with van der Waals surface area (Å²) in [5.41, 5.74) is 0.219. The van der Waals surface area contributed by atoms with E-state index >= 15 is 0 Å². The number of carbonyl (C=O) groups is 1. The first kappa shape index (κ1) is 21.3. The topological polar surface area (TPSA) is 110 Å². The number of aryl methyl sites for hydroxylation is 1. The standard InChI is InChI=1S/C18H27N3O5S/c1-3-4-5-10-19-18(22)15-8-11-20(12-9-15)27(25,26)17-13-16(21(23)24)7-6-14(17)2/h6-7,13,15H,3-5,8-12H2,1-2H3,(H,19,22). The zero-order valence-electron chi connectivity index (χ0n) is 15.8. The highest BCUT2D eigenvalue weighted by atomic mass is 32.2. The molecule has 1 amide bonds. The van der Waals surface area contributed by atoms with Gasteiger partial charge in [-0.3, -0.25) is 14.9 Å². The third kappa shape index (κ3) is 5.26. The molecule has 1 N–H and O–H groups in total. The summed E-state index contributed by atoms with van der Waals surface area (Å²) >= 11 is 0. The van der Waals surface area contributed by atoms with Crippen molar-refractivity contribution in [2.75, 3.05) is 19.6 Å². The van der Waals surface area contributed by atoms with Crippen LogP contribution in [0.1, 0.15) is 44.6 Å². The van der Waals surface area contributed by atoms with Crippen molar-refractivity contribution in [3.63, 3.8) is 0 Å². The number of nitro groups is 1. The van der Waals surface area contributed by atoms with Crippen molar-refractivity contribution in [3.8, 4) is 0 Å². The number of nitrogens with zero attached hydrogens (tertiary/aromatic N) is 2. The molecule has 0 bridgehead atoms. The van der Waals surface area contributed by atoms with Gasteiger partial charge in [0.05, 0.1) is 9.82 Å². The van der Waals surface area contributed by atoms with Crippen LogP contribution in [0.25, 0.3) is 0 Å². The van der Waals surface area contributed by atoms with Gasteiger partial charge in [0.1, 0.15) is 0 Å². The van der Waals surface area contributed by atoms with Crippen LogP contribution in [0.4, 0.5) is 5.69 Å². The van der Waals surface area contributed by atoms with Gasteiger partial charge in [-0.1, -0.05) is 25.8 Å². The Morgan fingerprint density at radius 2 is 1.96 bits per heavy atom. The summed E-state index contributed by atoms with van der Waals surface area (Å²) in [6, 6.07) is 3.85. The van der Waals surface area contributed by atoms with Gasteiger partial charge >= 0.3 is 0 Å². The van der Waals surface area contributed by atoms with E-state index in [-0.39, 0.29) is 35.5 Å². The zero-order valence-corrected chi connectivity index (χ0v) is 16.6. The Morgan fingerprint density at radius 3 is 2.56 bits per heavy atom. The molecule has 0 atom stereocenters. The Bertz CT molecular complexity index is 786. The Kier molecular flexibility index (Phi) is 7.32. The van der Waals surface area contributed by atoms with Crippen molar-refractivity contribution >= 4 is 21.6 Å². The van der Waals surface area contributed by atoms with Crippen LogP contribution in [-0.4, -0.2) is 43.2 Å². The number of hydrogen-bond acceptors (Lipinski definition) is 5. The highest BCUT2D eigenvalue weighted by Gasteiger charge is 2.33. The Morgan fingerprint density at radius 1 is 1.30 bits per heavy atom. The fraction of sp³-hybridized carbons (Fsp3) is 0.611. The van der Waals surface area contributed by atoms with Crippen molar-refractivity contribution in [1.82, 2.24) is 9.62 Å². The molecular formula is C18H27N3O5S. The molecule has 150 valence electrons. The van der Waals surface area contributed by atoms with Crippen molar-refractivity contribution in [3.05, 3.63) is 33.9 Å². The molecular weight excluding hydrogens is 370 g/mol. The predicted octanol–water partition coefficient (Wildman–Crippen LogP) is 2.61. The van der Waals surface area contributed by atoms with Gasteiger partial charge in [0.25, 0.3) is 5.69 Å².